The van der Waals surface area contributed by atoms with Gasteiger partial charge in [0.15, 0.2) is 0 Å². The van der Waals surface area contributed by atoms with Crippen LogP contribution in [0.25, 0.3) is 0 Å². The molecular weight excluding hydrogens is 212 g/mol. The Hall–Kier alpha value is -1.38. The van der Waals surface area contributed by atoms with E-state index in [0.717, 1.165) is 29.6 Å². The average molecular weight is 234 g/mol. The van der Waals surface area contributed by atoms with Gasteiger partial charge in [-0.2, -0.15) is 0 Å². The number of rotatable bonds is 2. The summed E-state index contributed by atoms with van der Waals surface area (Å²) >= 11 is 0. The summed E-state index contributed by atoms with van der Waals surface area (Å²) in [6.45, 7) is 5.68. The second-order valence-electron chi connectivity index (χ2n) is 5.10. The molecule has 94 valence electrons. The van der Waals surface area contributed by atoms with Crippen LogP contribution < -0.4 is 15.4 Å². The molecule has 3 nitrogen and oxygen atoms in total. The van der Waals surface area contributed by atoms with Gasteiger partial charge in [-0.05, 0) is 37.8 Å². The molecule has 17 heavy (non-hydrogen) atoms. The van der Waals surface area contributed by atoms with Crippen molar-refractivity contribution in [3.05, 3.63) is 18.2 Å². The smallest absolute Gasteiger partial charge is 0.121 e. The number of nitrogens with two attached hydrogens (primary N) is 1. The number of ether oxygens (including phenoxy) is 1. The maximum absolute atomic E-state index is 6.07. The highest BCUT2D eigenvalue weighted by atomic mass is 16.5. The number of hydrogen-bond acceptors (Lipinski definition) is 3. The number of piperidine rings is 1. The van der Waals surface area contributed by atoms with Crippen LogP contribution in [-0.4, -0.2) is 19.7 Å². The van der Waals surface area contributed by atoms with Crippen molar-refractivity contribution < 1.29 is 4.74 Å². The molecule has 0 bridgehead atoms. The predicted octanol–water partition coefficient (Wildman–Crippen LogP) is 2.90. The zero-order valence-electron chi connectivity index (χ0n) is 10.9. The molecule has 2 atom stereocenters. The summed E-state index contributed by atoms with van der Waals surface area (Å²) in [5.41, 5.74) is 8.03. The van der Waals surface area contributed by atoms with Gasteiger partial charge >= 0.3 is 0 Å². The normalized spacial score (nSPS) is 24.8. The fourth-order valence-corrected chi connectivity index (χ4v) is 2.66. The van der Waals surface area contributed by atoms with Crippen LogP contribution in [-0.2, 0) is 0 Å². The van der Waals surface area contributed by atoms with E-state index < -0.39 is 0 Å². The van der Waals surface area contributed by atoms with Crippen LogP contribution >= 0.6 is 0 Å². The third-order valence-electron chi connectivity index (χ3n) is 3.69. The molecule has 1 fully saturated rings. The molecule has 0 amide bonds. The van der Waals surface area contributed by atoms with Gasteiger partial charge in [0.2, 0.25) is 0 Å². The summed E-state index contributed by atoms with van der Waals surface area (Å²) in [6.07, 6.45) is 2.47. The minimum absolute atomic E-state index is 0.549. The van der Waals surface area contributed by atoms with E-state index in [1.807, 2.05) is 18.2 Å². The summed E-state index contributed by atoms with van der Waals surface area (Å²) in [6, 6.07) is 6.43. The topological polar surface area (TPSA) is 38.5 Å². The quantitative estimate of drug-likeness (QED) is 0.800. The first-order valence-electron chi connectivity index (χ1n) is 6.32. The Morgan fingerprint density at radius 2 is 2.12 bits per heavy atom. The summed E-state index contributed by atoms with van der Waals surface area (Å²) in [5.74, 6) is 1.69. The van der Waals surface area contributed by atoms with Crippen molar-refractivity contribution in [1.82, 2.24) is 0 Å². The van der Waals surface area contributed by atoms with E-state index in [-0.39, 0.29) is 0 Å². The van der Waals surface area contributed by atoms with E-state index in [2.05, 4.69) is 18.7 Å². The second-order valence-corrected chi connectivity index (χ2v) is 5.10. The van der Waals surface area contributed by atoms with Gasteiger partial charge in [0.1, 0.15) is 5.75 Å². The van der Waals surface area contributed by atoms with E-state index in [0.29, 0.717) is 6.04 Å². The van der Waals surface area contributed by atoms with Crippen molar-refractivity contribution in [2.75, 3.05) is 24.3 Å². The van der Waals surface area contributed by atoms with E-state index in [1.54, 1.807) is 7.11 Å². The van der Waals surface area contributed by atoms with Gasteiger partial charge in [0.25, 0.3) is 0 Å². The fraction of sp³-hybridized carbons (Fsp3) is 0.571. The summed E-state index contributed by atoms with van der Waals surface area (Å²) < 4.78 is 5.27. The van der Waals surface area contributed by atoms with Crippen LogP contribution in [0.4, 0.5) is 11.4 Å². The van der Waals surface area contributed by atoms with Crippen molar-refractivity contribution in [2.45, 2.75) is 32.7 Å². The van der Waals surface area contributed by atoms with E-state index in [1.165, 1.54) is 12.8 Å². The minimum atomic E-state index is 0.549. The number of nitrogen functional groups attached to an aromatic ring is 1. The first-order chi connectivity index (χ1) is 8.11. The number of nitrogens with zero attached hydrogens (tertiary/aromatic N) is 1. The zero-order chi connectivity index (χ0) is 12.4. The van der Waals surface area contributed by atoms with Gasteiger partial charge in [-0.15, -0.1) is 0 Å². The monoisotopic (exact) mass is 234 g/mol. The fourth-order valence-electron chi connectivity index (χ4n) is 2.66. The van der Waals surface area contributed by atoms with Crippen LogP contribution in [0.2, 0.25) is 0 Å². The molecule has 0 aliphatic carbocycles. The average Bonchev–Trinajstić information content (AvgIpc) is 2.30. The van der Waals surface area contributed by atoms with Crippen LogP contribution in [0.1, 0.15) is 26.7 Å². The van der Waals surface area contributed by atoms with E-state index in [9.17, 15) is 0 Å². The molecule has 2 unspecified atom stereocenters. The first-order valence-corrected chi connectivity index (χ1v) is 6.32. The first kappa shape index (κ1) is 12.1. The number of methoxy groups -OCH3 is 1. The van der Waals surface area contributed by atoms with Gasteiger partial charge in [-0.3, -0.25) is 0 Å². The highest BCUT2D eigenvalue weighted by molar-refractivity contribution is 5.70. The maximum Gasteiger partial charge on any atom is 0.121 e. The molecule has 1 heterocycles. The third kappa shape index (κ3) is 2.48. The summed E-state index contributed by atoms with van der Waals surface area (Å²) in [7, 11) is 1.69. The second kappa shape index (κ2) is 4.86. The number of hydrogen-bond donors (Lipinski definition) is 1. The Kier molecular flexibility index (Phi) is 3.46. The highest BCUT2D eigenvalue weighted by Gasteiger charge is 2.24. The molecule has 1 aromatic carbocycles. The molecule has 0 saturated carbocycles. The SMILES string of the molecule is COc1ccc(N)c(N2CCC(C)CC2C)c1. The predicted molar refractivity (Wildman–Crippen MR) is 72.6 cm³/mol. The van der Waals surface area contributed by atoms with Crippen molar-refractivity contribution >= 4 is 11.4 Å². The van der Waals surface area contributed by atoms with Crippen LogP contribution in [0, 0.1) is 5.92 Å². The number of benzene rings is 1. The lowest BCUT2D eigenvalue weighted by Gasteiger charge is -2.39. The lowest BCUT2D eigenvalue weighted by atomic mass is 9.93. The summed E-state index contributed by atoms with van der Waals surface area (Å²) in [4.78, 5) is 2.40. The molecule has 0 aromatic heterocycles. The van der Waals surface area contributed by atoms with Gasteiger partial charge in [0.05, 0.1) is 18.5 Å². The van der Waals surface area contributed by atoms with Crippen LogP contribution in [0.15, 0.2) is 18.2 Å². The molecule has 0 radical (unpaired) electrons. The van der Waals surface area contributed by atoms with Crippen molar-refractivity contribution in [3.8, 4) is 5.75 Å². The molecule has 1 aliphatic rings. The molecular formula is C14H22N2O. The Morgan fingerprint density at radius 1 is 1.35 bits per heavy atom. The molecule has 2 N–H and O–H groups in total. The van der Waals surface area contributed by atoms with Gasteiger partial charge in [0, 0.05) is 18.7 Å². The Morgan fingerprint density at radius 3 is 2.76 bits per heavy atom. The third-order valence-corrected chi connectivity index (χ3v) is 3.69. The Bertz CT molecular complexity index is 392. The highest BCUT2D eigenvalue weighted by Crippen LogP contribution is 2.33. The molecule has 1 aromatic rings. The molecule has 0 spiro atoms. The maximum atomic E-state index is 6.07. The lowest BCUT2D eigenvalue weighted by molar-refractivity contribution is 0.377. The standard InChI is InChI=1S/C14H22N2O/c1-10-6-7-16(11(2)8-10)14-9-12(17-3)4-5-13(14)15/h4-5,9-11H,6-8,15H2,1-3H3. The lowest BCUT2D eigenvalue weighted by Crippen LogP contribution is -2.40. The Labute approximate surface area is 104 Å². The van der Waals surface area contributed by atoms with E-state index in [4.69, 9.17) is 10.5 Å². The van der Waals surface area contributed by atoms with Crippen LogP contribution in [0.3, 0.4) is 0 Å². The molecule has 1 saturated heterocycles. The van der Waals surface area contributed by atoms with Crippen molar-refractivity contribution in [2.24, 2.45) is 5.92 Å². The zero-order valence-corrected chi connectivity index (χ0v) is 10.9. The van der Waals surface area contributed by atoms with E-state index >= 15 is 0 Å². The van der Waals surface area contributed by atoms with Gasteiger partial charge < -0.3 is 15.4 Å². The van der Waals surface area contributed by atoms with Crippen molar-refractivity contribution in [3.63, 3.8) is 0 Å². The number of anilines is 2. The van der Waals surface area contributed by atoms with Crippen molar-refractivity contribution in [1.29, 1.82) is 0 Å². The molecule has 2 rings (SSSR count). The minimum Gasteiger partial charge on any atom is -0.497 e. The van der Waals surface area contributed by atoms with Crippen LogP contribution in [0.5, 0.6) is 5.75 Å². The molecule has 3 heteroatoms. The van der Waals surface area contributed by atoms with Gasteiger partial charge in [-0.1, -0.05) is 6.92 Å². The molecule has 1 aliphatic heterocycles. The largest absolute Gasteiger partial charge is 0.497 e. The van der Waals surface area contributed by atoms with Gasteiger partial charge in [-0.25, -0.2) is 0 Å². The Balaban J connectivity index is 2.26. The summed E-state index contributed by atoms with van der Waals surface area (Å²) in [5, 5.41) is 0.